The molecule has 0 unspecified atom stereocenters. The Labute approximate surface area is 109 Å². The molecule has 17 heavy (non-hydrogen) atoms. The Balaban J connectivity index is 2.48. The zero-order valence-electron chi connectivity index (χ0n) is 9.70. The maximum Gasteiger partial charge on any atom is 0.195 e. The lowest BCUT2D eigenvalue weighted by molar-refractivity contribution is 0.103. The molecule has 0 fully saturated rings. The van der Waals surface area contributed by atoms with Gasteiger partial charge in [-0.25, -0.2) is 0 Å². The van der Waals surface area contributed by atoms with Crippen molar-refractivity contribution in [2.45, 2.75) is 13.8 Å². The molecule has 3 heteroatoms. The highest BCUT2D eigenvalue weighted by molar-refractivity contribution is 9.10. The van der Waals surface area contributed by atoms with Crippen LogP contribution in [-0.4, -0.2) is 10.8 Å². The predicted octanol–water partition coefficient (Wildman–Crippen LogP) is 3.69. The van der Waals surface area contributed by atoms with Crippen molar-refractivity contribution in [2.75, 3.05) is 0 Å². The largest absolute Gasteiger partial charge is 0.289 e. The number of pyridine rings is 1. The van der Waals surface area contributed by atoms with E-state index in [0.29, 0.717) is 11.1 Å². The second-order valence-corrected chi connectivity index (χ2v) is 4.81. The van der Waals surface area contributed by atoms with Crippen LogP contribution in [-0.2, 0) is 0 Å². The zero-order chi connectivity index (χ0) is 12.4. The average molecular weight is 290 g/mol. The summed E-state index contributed by atoms with van der Waals surface area (Å²) in [4.78, 5) is 16.3. The summed E-state index contributed by atoms with van der Waals surface area (Å²) >= 11 is 3.46. The number of rotatable bonds is 2. The quantitative estimate of drug-likeness (QED) is 0.789. The molecule has 86 valence electrons. The third-order valence-corrected chi connectivity index (χ3v) is 3.63. The summed E-state index contributed by atoms with van der Waals surface area (Å²) < 4.78 is 0.853. The van der Waals surface area contributed by atoms with Crippen molar-refractivity contribution >= 4 is 21.7 Å². The second kappa shape index (κ2) is 4.80. The van der Waals surface area contributed by atoms with Gasteiger partial charge in [-0.2, -0.15) is 0 Å². The van der Waals surface area contributed by atoms with E-state index in [0.717, 1.165) is 15.6 Å². The van der Waals surface area contributed by atoms with Crippen LogP contribution in [0.3, 0.4) is 0 Å². The van der Waals surface area contributed by atoms with Crippen LogP contribution in [0.1, 0.15) is 27.0 Å². The number of nitrogens with zero attached hydrogens (tertiary/aromatic N) is 1. The second-order valence-electron chi connectivity index (χ2n) is 4.02. The SMILES string of the molecule is Cc1cncc(C(=O)c2cccc(C)c2Br)c1. The molecule has 0 saturated heterocycles. The summed E-state index contributed by atoms with van der Waals surface area (Å²) in [5.41, 5.74) is 3.34. The lowest BCUT2D eigenvalue weighted by Crippen LogP contribution is -2.04. The molecule has 0 aliphatic rings. The van der Waals surface area contributed by atoms with Gasteiger partial charge in [0.15, 0.2) is 5.78 Å². The van der Waals surface area contributed by atoms with Gasteiger partial charge in [0.05, 0.1) is 0 Å². The minimum absolute atomic E-state index is 0.00299. The van der Waals surface area contributed by atoms with Crippen LogP contribution >= 0.6 is 15.9 Å². The maximum absolute atomic E-state index is 12.3. The van der Waals surface area contributed by atoms with Crippen molar-refractivity contribution in [1.29, 1.82) is 0 Å². The fourth-order valence-electron chi connectivity index (χ4n) is 1.66. The number of hydrogen-bond acceptors (Lipinski definition) is 2. The molecular formula is C14H12BrNO. The minimum atomic E-state index is -0.00299. The maximum atomic E-state index is 12.3. The molecule has 0 bridgehead atoms. The summed E-state index contributed by atoms with van der Waals surface area (Å²) in [7, 11) is 0. The first-order valence-electron chi connectivity index (χ1n) is 5.31. The summed E-state index contributed by atoms with van der Waals surface area (Å²) in [6.07, 6.45) is 3.34. The fourth-order valence-corrected chi connectivity index (χ4v) is 2.10. The van der Waals surface area contributed by atoms with E-state index in [4.69, 9.17) is 0 Å². The highest BCUT2D eigenvalue weighted by atomic mass is 79.9. The van der Waals surface area contributed by atoms with Crippen molar-refractivity contribution < 1.29 is 4.79 Å². The van der Waals surface area contributed by atoms with Gasteiger partial charge in [0.1, 0.15) is 0 Å². The molecule has 0 aliphatic carbocycles. The molecule has 0 amide bonds. The number of aromatic nitrogens is 1. The normalized spacial score (nSPS) is 10.3. The first kappa shape index (κ1) is 12.0. The molecule has 0 saturated carbocycles. The molecule has 2 aromatic rings. The first-order chi connectivity index (χ1) is 8.09. The van der Waals surface area contributed by atoms with Crippen LogP contribution in [0, 0.1) is 13.8 Å². The molecule has 2 rings (SSSR count). The number of halogens is 1. The number of aryl methyl sites for hydroxylation is 2. The van der Waals surface area contributed by atoms with E-state index in [2.05, 4.69) is 20.9 Å². The summed E-state index contributed by atoms with van der Waals surface area (Å²) in [5.74, 6) is -0.00299. The molecule has 2 nitrogen and oxygen atoms in total. The third kappa shape index (κ3) is 2.44. The zero-order valence-corrected chi connectivity index (χ0v) is 11.3. The van der Waals surface area contributed by atoms with Crippen molar-refractivity contribution in [3.8, 4) is 0 Å². The molecule has 0 atom stereocenters. The van der Waals surface area contributed by atoms with Gasteiger partial charge in [-0.05, 0) is 53.0 Å². The monoisotopic (exact) mass is 289 g/mol. The van der Waals surface area contributed by atoms with Crippen LogP contribution in [0.15, 0.2) is 41.1 Å². The molecule has 0 radical (unpaired) electrons. The van der Waals surface area contributed by atoms with E-state index in [1.54, 1.807) is 12.4 Å². The minimum Gasteiger partial charge on any atom is -0.289 e. The van der Waals surface area contributed by atoms with E-state index in [-0.39, 0.29) is 5.78 Å². The smallest absolute Gasteiger partial charge is 0.195 e. The standard InChI is InChI=1S/C14H12BrNO/c1-9-6-11(8-16-7-9)14(17)12-5-3-4-10(2)13(12)15/h3-8H,1-2H3. The van der Waals surface area contributed by atoms with Crippen molar-refractivity contribution in [3.05, 3.63) is 63.4 Å². The van der Waals surface area contributed by atoms with Crippen LogP contribution < -0.4 is 0 Å². The molecule has 1 aromatic heterocycles. The van der Waals surface area contributed by atoms with Gasteiger partial charge < -0.3 is 0 Å². The fraction of sp³-hybridized carbons (Fsp3) is 0.143. The molecule has 0 N–H and O–H groups in total. The molecule has 1 aromatic carbocycles. The Morgan fingerprint density at radius 1 is 1.24 bits per heavy atom. The summed E-state index contributed by atoms with van der Waals surface area (Å²) in [5, 5.41) is 0. The molecule has 0 aliphatic heterocycles. The van der Waals surface area contributed by atoms with Crippen LogP contribution in [0.2, 0.25) is 0 Å². The Hall–Kier alpha value is -1.48. The molecule has 0 spiro atoms. The van der Waals surface area contributed by atoms with Gasteiger partial charge in [0.25, 0.3) is 0 Å². The highest BCUT2D eigenvalue weighted by Gasteiger charge is 2.13. The van der Waals surface area contributed by atoms with Crippen molar-refractivity contribution in [2.24, 2.45) is 0 Å². The Morgan fingerprint density at radius 2 is 2.00 bits per heavy atom. The van der Waals surface area contributed by atoms with Crippen molar-refractivity contribution in [3.63, 3.8) is 0 Å². The molecular weight excluding hydrogens is 278 g/mol. The lowest BCUT2D eigenvalue weighted by Gasteiger charge is -2.06. The van der Waals surface area contributed by atoms with Gasteiger partial charge in [0.2, 0.25) is 0 Å². The topological polar surface area (TPSA) is 30.0 Å². The van der Waals surface area contributed by atoms with Crippen LogP contribution in [0.5, 0.6) is 0 Å². The summed E-state index contributed by atoms with van der Waals surface area (Å²) in [6.45, 7) is 3.89. The van der Waals surface area contributed by atoms with Gasteiger partial charge in [-0.3, -0.25) is 9.78 Å². The highest BCUT2D eigenvalue weighted by Crippen LogP contribution is 2.23. The van der Waals surface area contributed by atoms with Crippen LogP contribution in [0.4, 0.5) is 0 Å². The van der Waals surface area contributed by atoms with Gasteiger partial charge in [0, 0.05) is 28.0 Å². The van der Waals surface area contributed by atoms with E-state index in [9.17, 15) is 4.79 Å². The van der Waals surface area contributed by atoms with Gasteiger partial charge >= 0.3 is 0 Å². The number of benzene rings is 1. The number of ketones is 1. The number of hydrogen-bond donors (Lipinski definition) is 0. The van der Waals surface area contributed by atoms with Gasteiger partial charge in [-0.15, -0.1) is 0 Å². The van der Waals surface area contributed by atoms with E-state index >= 15 is 0 Å². The average Bonchev–Trinajstić information content (AvgIpc) is 2.32. The number of carbonyl (C=O) groups is 1. The van der Waals surface area contributed by atoms with E-state index in [1.807, 2.05) is 38.1 Å². The number of carbonyl (C=O) groups excluding carboxylic acids is 1. The van der Waals surface area contributed by atoms with E-state index in [1.165, 1.54) is 0 Å². The lowest BCUT2D eigenvalue weighted by atomic mass is 10.0. The predicted molar refractivity (Wildman–Crippen MR) is 71.3 cm³/mol. The van der Waals surface area contributed by atoms with Crippen LogP contribution in [0.25, 0.3) is 0 Å². The van der Waals surface area contributed by atoms with Crippen molar-refractivity contribution in [1.82, 2.24) is 4.98 Å². The Morgan fingerprint density at radius 3 is 2.71 bits per heavy atom. The summed E-state index contributed by atoms with van der Waals surface area (Å²) in [6, 6.07) is 7.53. The van der Waals surface area contributed by atoms with E-state index < -0.39 is 0 Å². The molecule has 1 heterocycles. The Bertz CT molecular complexity index is 578. The first-order valence-corrected chi connectivity index (χ1v) is 6.10. The third-order valence-electron chi connectivity index (χ3n) is 2.57. The Kier molecular flexibility index (Phi) is 3.38. The van der Waals surface area contributed by atoms with Gasteiger partial charge in [-0.1, -0.05) is 12.1 Å².